The number of benzene rings is 1. The number of esters is 1. The van der Waals surface area contributed by atoms with Gasteiger partial charge in [-0.2, -0.15) is 0 Å². The molecular formula is C18H20Cl2O3. The van der Waals surface area contributed by atoms with E-state index in [-0.39, 0.29) is 12.6 Å². The molecule has 3 nitrogen and oxygen atoms in total. The van der Waals surface area contributed by atoms with Crippen LogP contribution in [0.2, 0.25) is 10.0 Å². The highest BCUT2D eigenvalue weighted by Crippen LogP contribution is 2.62. The lowest BCUT2D eigenvalue weighted by molar-refractivity contribution is -0.197. The summed E-state index contributed by atoms with van der Waals surface area (Å²) in [6.45, 7) is 0.0901. The number of rotatable bonds is 3. The van der Waals surface area contributed by atoms with Gasteiger partial charge in [0.05, 0.1) is 11.0 Å². The van der Waals surface area contributed by atoms with Gasteiger partial charge in [-0.3, -0.25) is 4.79 Å². The van der Waals surface area contributed by atoms with E-state index in [9.17, 15) is 9.90 Å². The van der Waals surface area contributed by atoms with Crippen LogP contribution >= 0.6 is 23.2 Å². The molecule has 1 aromatic rings. The van der Waals surface area contributed by atoms with Crippen molar-refractivity contribution in [3.63, 3.8) is 0 Å². The fraction of sp³-hybridized carbons (Fsp3) is 0.611. The van der Waals surface area contributed by atoms with Crippen LogP contribution in [0.1, 0.15) is 44.1 Å². The second-order valence-electron chi connectivity index (χ2n) is 7.74. The van der Waals surface area contributed by atoms with Crippen molar-refractivity contribution in [3.05, 3.63) is 33.8 Å². The Balaban J connectivity index is 1.51. The first-order chi connectivity index (χ1) is 10.9. The average molecular weight is 355 g/mol. The molecule has 0 spiro atoms. The van der Waals surface area contributed by atoms with Crippen molar-refractivity contribution in [3.8, 4) is 0 Å². The standard InChI is InChI=1S/C18H20Cl2O3/c19-14-2-1-3-15(20)13(14)9-23-16(21)17-5-11-4-12(6-17)8-18(22,7-11)10-17/h1-3,11-12,22H,4-10H2. The van der Waals surface area contributed by atoms with E-state index in [0.717, 1.165) is 32.1 Å². The van der Waals surface area contributed by atoms with Crippen LogP contribution in [0.5, 0.6) is 0 Å². The molecular weight excluding hydrogens is 335 g/mol. The number of hydrogen-bond donors (Lipinski definition) is 1. The van der Waals surface area contributed by atoms with E-state index in [0.29, 0.717) is 33.9 Å². The highest BCUT2D eigenvalue weighted by Gasteiger charge is 2.60. The molecule has 124 valence electrons. The van der Waals surface area contributed by atoms with Crippen molar-refractivity contribution >= 4 is 29.2 Å². The lowest BCUT2D eigenvalue weighted by atomic mass is 9.48. The van der Waals surface area contributed by atoms with Gasteiger partial charge in [0.15, 0.2) is 0 Å². The maximum atomic E-state index is 12.8. The fourth-order valence-electron chi connectivity index (χ4n) is 5.41. The maximum absolute atomic E-state index is 12.8. The van der Waals surface area contributed by atoms with Gasteiger partial charge in [0.1, 0.15) is 6.61 Å². The summed E-state index contributed by atoms with van der Waals surface area (Å²) in [7, 11) is 0. The van der Waals surface area contributed by atoms with Gasteiger partial charge in [-0.25, -0.2) is 0 Å². The van der Waals surface area contributed by atoms with E-state index in [1.54, 1.807) is 18.2 Å². The minimum atomic E-state index is -0.662. The third-order valence-electron chi connectivity index (χ3n) is 5.87. The van der Waals surface area contributed by atoms with Crippen LogP contribution in [0.3, 0.4) is 0 Å². The largest absolute Gasteiger partial charge is 0.460 e. The third-order valence-corrected chi connectivity index (χ3v) is 6.58. The summed E-state index contributed by atoms with van der Waals surface area (Å²) in [5, 5.41) is 11.8. The second kappa shape index (κ2) is 5.37. The zero-order valence-electron chi connectivity index (χ0n) is 12.9. The summed E-state index contributed by atoms with van der Waals surface area (Å²) < 4.78 is 5.60. The van der Waals surface area contributed by atoms with Crippen molar-refractivity contribution in [2.75, 3.05) is 0 Å². The molecule has 1 N–H and O–H groups in total. The Kier molecular flexibility index (Phi) is 3.67. The Morgan fingerprint density at radius 3 is 2.35 bits per heavy atom. The average Bonchev–Trinajstić information content (AvgIpc) is 2.43. The van der Waals surface area contributed by atoms with Gasteiger partial charge in [-0.1, -0.05) is 29.3 Å². The summed E-state index contributed by atoms with van der Waals surface area (Å²) in [6, 6.07) is 5.25. The zero-order valence-corrected chi connectivity index (χ0v) is 14.4. The van der Waals surface area contributed by atoms with Gasteiger partial charge in [-0.15, -0.1) is 0 Å². The van der Waals surface area contributed by atoms with Crippen molar-refractivity contribution < 1.29 is 14.6 Å². The number of halogens is 2. The number of hydrogen-bond acceptors (Lipinski definition) is 3. The normalized spacial score (nSPS) is 37.9. The smallest absolute Gasteiger partial charge is 0.312 e. The molecule has 4 fully saturated rings. The highest BCUT2D eigenvalue weighted by atomic mass is 35.5. The lowest BCUT2D eigenvalue weighted by Gasteiger charge is -2.58. The zero-order chi connectivity index (χ0) is 16.2. The first-order valence-electron chi connectivity index (χ1n) is 8.22. The number of aliphatic hydroxyl groups is 1. The fourth-order valence-corrected chi connectivity index (χ4v) is 5.92. The summed E-state index contributed by atoms with van der Waals surface area (Å²) in [5.41, 5.74) is -0.523. The summed E-state index contributed by atoms with van der Waals surface area (Å²) >= 11 is 12.3. The molecule has 0 aliphatic heterocycles. The first-order valence-corrected chi connectivity index (χ1v) is 8.97. The maximum Gasteiger partial charge on any atom is 0.312 e. The predicted molar refractivity (Wildman–Crippen MR) is 88.3 cm³/mol. The molecule has 5 rings (SSSR count). The molecule has 23 heavy (non-hydrogen) atoms. The predicted octanol–water partition coefficient (Wildman–Crippen LogP) is 4.37. The van der Waals surface area contributed by atoms with Crippen LogP contribution < -0.4 is 0 Å². The monoisotopic (exact) mass is 354 g/mol. The highest BCUT2D eigenvalue weighted by molar-refractivity contribution is 6.35. The molecule has 5 heteroatoms. The van der Waals surface area contributed by atoms with Crippen molar-refractivity contribution in [2.45, 2.75) is 50.7 Å². The molecule has 4 saturated carbocycles. The van der Waals surface area contributed by atoms with Gasteiger partial charge in [0, 0.05) is 15.6 Å². The molecule has 0 aromatic heterocycles. The molecule has 0 saturated heterocycles. The van der Waals surface area contributed by atoms with Gasteiger partial charge in [0.25, 0.3) is 0 Å². The Morgan fingerprint density at radius 1 is 1.17 bits per heavy atom. The van der Waals surface area contributed by atoms with E-state index in [2.05, 4.69) is 0 Å². The molecule has 4 aliphatic rings. The van der Waals surface area contributed by atoms with E-state index >= 15 is 0 Å². The minimum Gasteiger partial charge on any atom is -0.460 e. The Bertz CT molecular complexity index is 623. The molecule has 2 atom stereocenters. The second-order valence-corrected chi connectivity index (χ2v) is 8.56. The van der Waals surface area contributed by atoms with E-state index in [1.807, 2.05) is 0 Å². The quantitative estimate of drug-likeness (QED) is 0.819. The van der Waals surface area contributed by atoms with E-state index < -0.39 is 11.0 Å². The van der Waals surface area contributed by atoms with Crippen LogP contribution in [-0.4, -0.2) is 16.7 Å². The first kappa shape index (κ1) is 15.7. The topological polar surface area (TPSA) is 46.5 Å². The molecule has 2 unspecified atom stereocenters. The van der Waals surface area contributed by atoms with Crippen LogP contribution in [0.25, 0.3) is 0 Å². The minimum absolute atomic E-state index is 0.0901. The third kappa shape index (κ3) is 2.67. The van der Waals surface area contributed by atoms with Crippen molar-refractivity contribution in [1.82, 2.24) is 0 Å². The Morgan fingerprint density at radius 2 is 1.78 bits per heavy atom. The molecule has 1 aromatic carbocycles. The summed E-state index contributed by atoms with van der Waals surface area (Å²) in [6.07, 6.45) is 5.07. The lowest BCUT2D eigenvalue weighted by Crippen LogP contribution is -2.58. The van der Waals surface area contributed by atoms with Crippen LogP contribution in [-0.2, 0) is 16.1 Å². The van der Waals surface area contributed by atoms with Crippen molar-refractivity contribution in [1.29, 1.82) is 0 Å². The number of carbonyl (C=O) groups excluding carboxylic acids is 1. The van der Waals surface area contributed by atoms with Crippen LogP contribution in [0.15, 0.2) is 18.2 Å². The van der Waals surface area contributed by atoms with E-state index in [1.165, 1.54) is 0 Å². The molecule has 0 amide bonds. The summed E-state index contributed by atoms with van der Waals surface area (Å²) in [5.74, 6) is 0.719. The van der Waals surface area contributed by atoms with Gasteiger partial charge >= 0.3 is 5.97 Å². The van der Waals surface area contributed by atoms with Gasteiger partial charge in [-0.05, 0) is 62.5 Å². The van der Waals surface area contributed by atoms with E-state index in [4.69, 9.17) is 27.9 Å². The number of carbonyl (C=O) groups is 1. The van der Waals surface area contributed by atoms with Gasteiger partial charge < -0.3 is 9.84 Å². The summed E-state index contributed by atoms with van der Waals surface area (Å²) in [4.78, 5) is 12.8. The molecule has 0 heterocycles. The molecule has 4 aliphatic carbocycles. The Hall–Kier alpha value is -0.770. The number of ether oxygens (including phenoxy) is 1. The van der Waals surface area contributed by atoms with Gasteiger partial charge in [0.2, 0.25) is 0 Å². The SMILES string of the molecule is O=C(OCc1c(Cl)cccc1Cl)C12CC3CC(CC(O)(C3)C1)C2. The van der Waals surface area contributed by atoms with Crippen LogP contribution in [0.4, 0.5) is 0 Å². The molecule has 0 radical (unpaired) electrons. The van der Waals surface area contributed by atoms with Crippen LogP contribution in [0, 0.1) is 17.3 Å². The Labute approximate surface area is 145 Å². The van der Waals surface area contributed by atoms with Crippen molar-refractivity contribution in [2.24, 2.45) is 17.3 Å². The molecule has 4 bridgehead atoms.